The van der Waals surface area contributed by atoms with Crippen molar-refractivity contribution in [1.29, 1.82) is 0 Å². The van der Waals surface area contributed by atoms with Crippen LogP contribution in [0.25, 0.3) is 0 Å². The van der Waals surface area contributed by atoms with Crippen LogP contribution in [0.3, 0.4) is 0 Å². The summed E-state index contributed by atoms with van der Waals surface area (Å²) in [4.78, 5) is 10.4. The summed E-state index contributed by atoms with van der Waals surface area (Å²) in [6, 6.07) is 0. The highest BCUT2D eigenvalue weighted by Crippen LogP contribution is 2.07. The Bertz CT molecular complexity index is 470. The van der Waals surface area contributed by atoms with Crippen LogP contribution >= 0.6 is 0 Å². The van der Waals surface area contributed by atoms with E-state index in [1.807, 2.05) is 0 Å². The van der Waals surface area contributed by atoms with Crippen molar-refractivity contribution in [3.05, 3.63) is 60.8 Å². The van der Waals surface area contributed by atoms with Crippen molar-refractivity contribution in [2.24, 2.45) is 0 Å². The Morgan fingerprint density at radius 3 is 1.69 bits per heavy atom. The fourth-order valence-corrected chi connectivity index (χ4v) is 2.27. The highest BCUT2D eigenvalue weighted by Gasteiger charge is 2.05. The van der Waals surface area contributed by atoms with Gasteiger partial charge < -0.3 is 10.2 Å². The van der Waals surface area contributed by atoms with Gasteiger partial charge in [0.2, 0.25) is 0 Å². The Kier molecular flexibility index (Phi) is 18.1. The second kappa shape index (κ2) is 19.5. The van der Waals surface area contributed by atoms with Crippen molar-refractivity contribution in [2.45, 2.75) is 77.2 Å². The van der Waals surface area contributed by atoms with E-state index < -0.39 is 12.1 Å². The molecular formula is C23H36O3. The fourth-order valence-electron chi connectivity index (χ4n) is 2.27. The molecule has 3 heteroatoms. The summed E-state index contributed by atoms with van der Waals surface area (Å²) in [5.41, 5.74) is 0. The van der Waals surface area contributed by atoms with Gasteiger partial charge in [0.25, 0.3) is 0 Å². The van der Waals surface area contributed by atoms with Crippen LogP contribution < -0.4 is 0 Å². The summed E-state index contributed by atoms with van der Waals surface area (Å²) in [7, 11) is 0. The zero-order valence-electron chi connectivity index (χ0n) is 16.2. The van der Waals surface area contributed by atoms with Gasteiger partial charge in [-0.05, 0) is 57.8 Å². The van der Waals surface area contributed by atoms with E-state index >= 15 is 0 Å². The summed E-state index contributed by atoms with van der Waals surface area (Å²) in [5.74, 6) is -0.845. The fraction of sp³-hybridized carbons (Fsp3) is 0.522. The summed E-state index contributed by atoms with van der Waals surface area (Å²) in [6.45, 7) is 2.14. The summed E-state index contributed by atoms with van der Waals surface area (Å²) in [5, 5.41) is 18.2. The quantitative estimate of drug-likeness (QED) is 0.257. The van der Waals surface area contributed by atoms with Crippen molar-refractivity contribution in [2.75, 3.05) is 0 Å². The molecule has 0 saturated heterocycles. The van der Waals surface area contributed by atoms with Crippen LogP contribution in [0.1, 0.15) is 71.1 Å². The number of carboxylic acids is 1. The lowest BCUT2D eigenvalue weighted by Crippen LogP contribution is -2.08. The molecule has 146 valence electrons. The average Bonchev–Trinajstić information content (AvgIpc) is 2.62. The van der Waals surface area contributed by atoms with Gasteiger partial charge in [-0.25, -0.2) is 0 Å². The molecule has 3 nitrogen and oxygen atoms in total. The number of aliphatic carboxylic acids is 1. The number of unbranched alkanes of at least 4 members (excludes halogenated alkanes) is 1. The molecule has 0 aromatic rings. The second-order valence-electron chi connectivity index (χ2n) is 6.23. The molecule has 0 aliphatic carbocycles. The Morgan fingerprint density at radius 2 is 1.23 bits per heavy atom. The minimum absolute atomic E-state index is 0.0445. The number of rotatable bonds is 16. The third kappa shape index (κ3) is 20.2. The number of carbonyl (C=O) groups is 1. The van der Waals surface area contributed by atoms with E-state index in [-0.39, 0.29) is 6.42 Å². The van der Waals surface area contributed by atoms with Crippen molar-refractivity contribution < 1.29 is 15.0 Å². The van der Waals surface area contributed by atoms with E-state index in [0.717, 1.165) is 44.9 Å². The van der Waals surface area contributed by atoms with Crippen molar-refractivity contribution in [3.63, 3.8) is 0 Å². The lowest BCUT2D eigenvalue weighted by atomic mass is 10.1. The van der Waals surface area contributed by atoms with E-state index in [4.69, 9.17) is 5.11 Å². The van der Waals surface area contributed by atoms with Crippen molar-refractivity contribution in [1.82, 2.24) is 0 Å². The predicted octanol–water partition coefficient (Wildman–Crippen LogP) is 6.13. The maximum absolute atomic E-state index is 10.4. The summed E-state index contributed by atoms with van der Waals surface area (Å²) < 4.78 is 0. The van der Waals surface area contributed by atoms with Gasteiger partial charge in [0, 0.05) is 6.42 Å². The summed E-state index contributed by atoms with van der Waals surface area (Å²) >= 11 is 0. The van der Waals surface area contributed by atoms with Gasteiger partial charge in [-0.15, -0.1) is 0 Å². The third-order valence-electron chi connectivity index (χ3n) is 3.76. The number of allylic oxidation sites excluding steroid dienone is 10. The van der Waals surface area contributed by atoms with Crippen LogP contribution in [0.4, 0.5) is 0 Å². The van der Waals surface area contributed by atoms with E-state index in [1.165, 1.54) is 0 Å². The molecule has 2 N–H and O–H groups in total. The van der Waals surface area contributed by atoms with Crippen molar-refractivity contribution >= 4 is 5.97 Å². The van der Waals surface area contributed by atoms with Gasteiger partial charge in [-0.2, -0.15) is 0 Å². The van der Waals surface area contributed by atoms with Gasteiger partial charge >= 0.3 is 5.97 Å². The van der Waals surface area contributed by atoms with Gasteiger partial charge in [0.05, 0.1) is 6.10 Å². The molecule has 0 heterocycles. The molecular weight excluding hydrogens is 324 g/mol. The van der Waals surface area contributed by atoms with Crippen LogP contribution in [0.15, 0.2) is 60.8 Å². The molecule has 0 aliphatic rings. The molecule has 0 amide bonds. The van der Waals surface area contributed by atoms with Crippen molar-refractivity contribution in [3.8, 4) is 0 Å². The number of hydrogen-bond acceptors (Lipinski definition) is 2. The van der Waals surface area contributed by atoms with E-state index in [9.17, 15) is 9.90 Å². The first-order valence-corrected chi connectivity index (χ1v) is 9.81. The van der Waals surface area contributed by atoms with Crippen LogP contribution in [-0.2, 0) is 4.79 Å². The lowest BCUT2D eigenvalue weighted by Gasteiger charge is -2.07. The largest absolute Gasteiger partial charge is 0.481 e. The molecule has 26 heavy (non-hydrogen) atoms. The standard InChI is InChI=1S/C23H36O3/c1-2-3-4-5-6-7-8-9-10-11-12-13-14-15-16-17-18-19-22(24)20-21-23(25)26/h3-4,6-7,9-10,12-13,15-16,22,24H,2,5,8,11,14,17-21H2,1H3,(H,25,26)/b4-3-,7-6-,10-9-,13-12-,16-15-. The predicted molar refractivity (Wildman–Crippen MR) is 111 cm³/mol. The normalized spacial score (nSPS) is 13.9. The van der Waals surface area contributed by atoms with Gasteiger partial charge in [0.1, 0.15) is 0 Å². The Morgan fingerprint density at radius 1 is 0.769 bits per heavy atom. The molecule has 0 aromatic heterocycles. The molecule has 1 unspecified atom stereocenters. The maximum atomic E-state index is 10.4. The molecule has 0 aliphatic heterocycles. The molecule has 0 saturated carbocycles. The molecule has 0 bridgehead atoms. The highest BCUT2D eigenvalue weighted by atomic mass is 16.4. The minimum Gasteiger partial charge on any atom is -0.481 e. The second-order valence-corrected chi connectivity index (χ2v) is 6.23. The Balaban J connectivity index is 3.51. The smallest absolute Gasteiger partial charge is 0.303 e. The minimum atomic E-state index is -0.845. The zero-order valence-corrected chi connectivity index (χ0v) is 16.2. The zero-order chi connectivity index (χ0) is 19.3. The Hall–Kier alpha value is -1.87. The first-order valence-electron chi connectivity index (χ1n) is 9.81. The first kappa shape index (κ1) is 24.1. The van der Waals surface area contributed by atoms with Gasteiger partial charge in [0.15, 0.2) is 0 Å². The number of carboxylic acid groups (broad SMARTS) is 1. The topological polar surface area (TPSA) is 57.5 Å². The molecule has 0 fully saturated rings. The first-order chi connectivity index (χ1) is 12.7. The highest BCUT2D eigenvalue weighted by molar-refractivity contribution is 5.66. The van der Waals surface area contributed by atoms with Crippen LogP contribution in [-0.4, -0.2) is 22.3 Å². The molecule has 1 atom stereocenters. The Labute approximate surface area is 159 Å². The maximum Gasteiger partial charge on any atom is 0.303 e. The van der Waals surface area contributed by atoms with Crippen LogP contribution in [0.5, 0.6) is 0 Å². The van der Waals surface area contributed by atoms with Crippen LogP contribution in [0.2, 0.25) is 0 Å². The SMILES string of the molecule is CC/C=C\C/C=C\C/C=C\C/C=C\C/C=C\CCCC(O)CCC(=O)O. The van der Waals surface area contributed by atoms with E-state index in [1.54, 1.807) is 0 Å². The molecule has 0 rings (SSSR count). The molecule has 0 aromatic carbocycles. The summed E-state index contributed by atoms with van der Waals surface area (Å²) in [6.07, 6.45) is 29.1. The molecule has 0 spiro atoms. The number of aliphatic hydroxyl groups is 1. The number of aliphatic hydroxyl groups excluding tert-OH is 1. The average molecular weight is 361 g/mol. The third-order valence-corrected chi connectivity index (χ3v) is 3.76. The van der Waals surface area contributed by atoms with Gasteiger partial charge in [-0.3, -0.25) is 4.79 Å². The number of hydrogen-bond donors (Lipinski definition) is 2. The monoisotopic (exact) mass is 360 g/mol. The lowest BCUT2D eigenvalue weighted by molar-refractivity contribution is -0.137. The molecule has 0 radical (unpaired) electrons. The van der Waals surface area contributed by atoms with E-state index in [2.05, 4.69) is 67.7 Å². The van der Waals surface area contributed by atoms with Gasteiger partial charge in [-0.1, -0.05) is 67.7 Å². The van der Waals surface area contributed by atoms with E-state index in [0.29, 0.717) is 12.8 Å². The van der Waals surface area contributed by atoms with Crippen LogP contribution in [0, 0.1) is 0 Å².